The first-order valence-corrected chi connectivity index (χ1v) is 7.88. The highest BCUT2D eigenvalue weighted by atomic mass is 15.1. The van der Waals surface area contributed by atoms with Crippen LogP contribution in [0.1, 0.15) is 33.9 Å². The average molecular weight is 312 g/mol. The molecule has 0 fully saturated rings. The Hall–Kier alpha value is -3.19. The number of aromatic nitrogens is 2. The van der Waals surface area contributed by atoms with Crippen LogP contribution in [0.15, 0.2) is 53.5 Å². The molecule has 4 rings (SSSR count). The molecule has 0 N–H and O–H groups in total. The third-order valence-electron chi connectivity index (χ3n) is 4.46. The molecule has 0 bridgehead atoms. The number of imidazole rings is 1. The second-order valence-electron chi connectivity index (χ2n) is 5.91. The van der Waals surface area contributed by atoms with E-state index in [0.717, 1.165) is 39.7 Å². The Morgan fingerprint density at radius 3 is 2.62 bits per heavy atom. The van der Waals surface area contributed by atoms with Crippen LogP contribution in [0, 0.1) is 25.2 Å². The third-order valence-corrected chi connectivity index (χ3v) is 4.46. The van der Waals surface area contributed by atoms with Gasteiger partial charge in [0.15, 0.2) is 0 Å². The van der Waals surface area contributed by atoms with E-state index in [9.17, 15) is 5.26 Å². The normalized spacial score (nSPS) is 12.6. The van der Waals surface area contributed by atoms with Gasteiger partial charge in [-0.25, -0.2) is 4.98 Å². The maximum Gasteiger partial charge on any atom is 0.135 e. The minimum Gasteiger partial charge on any atom is -0.298 e. The molecule has 0 amide bonds. The first kappa shape index (κ1) is 14.4. The van der Waals surface area contributed by atoms with E-state index in [1.807, 2.05) is 55.5 Å². The number of nitriles is 1. The zero-order valence-electron chi connectivity index (χ0n) is 13.6. The Bertz CT molecular complexity index is 1000. The van der Waals surface area contributed by atoms with Crippen LogP contribution in [0.5, 0.6) is 0 Å². The van der Waals surface area contributed by atoms with Crippen LogP contribution in [0.4, 0.5) is 0 Å². The summed E-state index contributed by atoms with van der Waals surface area (Å²) < 4.78 is 2.16. The van der Waals surface area contributed by atoms with Gasteiger partial charge in [-0.2, -0.15) is 5.26 Å². The summed E-state index contributed by atoms with van der Waals surface area (Å²) in [4.78, 5) is 9.50. The largest absolute Gasteiger partial charge is 0.298 e. The molecular formula is C20H16N4. The van der Waals surface area contributed by atoms with Crippen molar-refractivity contribution in [3.8, 4) is 11.8 Å². The van der Waals surface area contributed by atoms with Gasteiger partial charge in [-0.15, -0.1) is 0 Å². The van der Waals surface area contributed by atoms with Crippen molar-refractivity contribution < 1.29 is 0 Å². The molecule has 0 aliphatic carbocycles. The van der Waals surface area contributed by atoms with Crippen molar-refractivity contribution in [3.05, 3.63) is 82.4 Å². The van der Waals surface area contributed by atoms with Crippen LogP contribution >= 0.6 is 0 Å². The lowest BCUT2D eigenvalue weighted by Gasteiger charge is -2.13. The van der Waals surface area contributed by atoms with Gasteiger partial charge >= 0.3 is 0 Å². The summed E-state index contributed by atoms with van der Waals surface area (Å²) in [6, 6.07) is 18.1. The number of aryl methyl sites for hydroxylation is 1. The summed E-state index contributed by atoms with van der Waals surface area (Å²) in [6.45, 7) is 4.61. The van der Waals surface area contributed by atoms with Crippen LogP contribution in [-0.2, 0) is 6.54 Å². The van der Waals surface area contributed by atoms with Crippen molar-refractivity contribution in [2.75, 3.05) is 0 Å². The zero-order chi connectivity index (χ0) is 16.7. The maximum absolute atomic E-state index is 9.31. The number of aliphatic imine (C=N–C) groups is 1. The van der Waals surface area contributed by atoms with E-state index in [1.165, 1.54) is 0 Å². The zero-order valence-corrected chi connectivity index (χ0v) is 13.6. The Morgan fingerprint density at radius 2 is 1.88 bits per heavy atom. The molecule has 1 aliphatic heterocycles. The molecule has 0 atom stereocenters. The molecule has 0 saturated carbocycles. The summed E-state index contributed by atoms with van der Waals surface area (Å²) in [5, 5.41) is 9.31. The summed E-state index contributed by atoms with van der Waals surface area (Å²) >= 11 is 0. The predicted octanol–water partition coefficient (Wildman–Crippen LogP) is 3.71. The van der Waals surface area contributed by atoms with E-state index >= 15 is 0 Å². The van der Waals surface area contributed by atoms with Gasteiger partial charge in [-0.3, -0.25) is 9.56 Å². The van der Waals surface area contributed by atoms with E-state index < -0.39 is 0 Å². The minimum atomic E-state index is 0.523. The summed E-state index contributed by atoms with van der Waals surface area (Å²) in [7, 11) is 0. The van der Waals surface area contributed by atoms with E-state index in [0.29, 0.717) is 12.1 Å². The van der Waals surface area contributed by atoms with Gasteiger partial charge < -0.3 is 0 Å². The highest BCUT2D eigenvalue weighted by Gasteiger charge is 2.22. The third kappa shape index (κ3) is 2.14. The lowest BCUT2D eigenvalue weighted by molar-refractivity contribution is 0.863. The van der Waals surface area contributed by atoms with Crippen molar-refractivity contribution in [2.45, 2.75) is 20.4 Å². The van der Waals surface area contributed by atoms with E-state index in [4.69, 9.17) is 4.99 Å². The molecule has 1 aromatic heterocycles. The van der Waals surface area contributed by atoms with Crippen LogP contribution < -0.4 is 0 Å². The number of hydrogen-bond acceptors (Lipinski definition) is 3. The van der Waals surface area contributed by atoms with Crippen molar-refractivity contribution >= 4 is 5.71 Å². The molecule has 1 aliphatic rings. The summed E-state index contributed by atoms with van der Waals surface area (Å²) in [5.41, 5.74) is 6.72. The smallest absolute Gasteiger partial charge is 0.135 e. The fourth-order valence-electron chi connectivity index (χ4n) is 3.17. The van der Waals surface area contributed by atoms with Crippen molar-refractivity contribution in [1.29, 1.82) is 5.26 Å². The number of hydrogen-bond donors (Lipinski definition) is 0. The SMILES string of the molecule is Cc1nc2n(c1C)-c1ccc(C#N)cc1C(c1ccccc1)=NC2. The van der Waals surface area contributed by atoms with Crippen molar-refractivity contribution in [3.63, 3.8) is 0 Å². The van der Waals surface area contributed by atoms with Crippen molar-refractivity contribution in [1.82, 2.24) is 9.55 Å². The quantitative estimate of drug-likeness (QED) is 0.688. The number of benzene rings is 2. The second kappa shape index (κ2) is 5.47. The highest BCUT2D eigenvalue weighted by Crippen LogP contribution is 2.28. The molecule has 0 radical (unpaired) electrons. The molecule has 24 heavy (non-hydrogen) atoms. The lowest BCUT2D eigenvalue weighted by Crippen LogP contribution is -2.08. The van der Waals surface area contributed by atoms with Crippen molar-refractivity contribution in [2.24, 2.45) is 4.99 Å². The van der Waals surface area contributed by atoms with E-state index in [-0.39, 0.29) is 0 Å². The molecule has 3 aromatic rings. The van der Waals surface area contributed by atoms with Crippen LogP contribution in [0.2, 0.25) is 0 Å². The van der Waals surface area contributed by atoms with Gasteiger partial charge in [0.2, 0.25) is 0 Å². The molecular weight excluding hydrogens is 296 g/mol. The Kier molecular flexibility index (Phi) is 3.28. The van der Waals surface area contributed by atoms with Gasteiger partial charge in [0.05, 0.1) is 35.3 Å². The van der Waals surface area contributed by atoms with Gasteiger partial charge in [0.25, 0.3) is 0 Å². The number of fused-ring (bicyclic) bond motifs is 3. The van der Waals surface area contributed by atoms with Crippen LogP contribution in [0.3, 0.4) is 0 Å². The van der Waals surface area contributed by atoms with Crippen LogP contribution in [-0.4, -0.2) is 15.3 Å². The predicted molar refractivity (Wildman–Crippen MR) is 93.5 cm³/mol. The first-order valence-electron chi connectivity index (χ1n) is 7.88. The monoisotopic (exact) mass is 312 g/mol. The Balaban J connectivity index is 2.03. The molecule has 4 heteroatoms. The molecule has 0 saturated heterocycles. The fraction of sp³-hybridized carbons (Fsp3) is 0.150. The minimum absolute atomic E-state index is 0.523. The molecule has 2 aromatic carbocycles. The second-order valence-corrected chi connectivity index (χ2v) is 5.91. The maximum atomic E-state index is 9.31. The fourth-order valence-corrected chi connectivity index (χ4v) is 3.17. The summed E-state index contributed by atoms with van der Waals surface area (Å²) in [5.74, 6) is 0.932. The standard InChI is InChI=1S/C20H16N4/c1-13-14(2)24-18-9-8-15(11-21)10-17(18)20(22-12-19(24)23-13)16-6-4-3-5-7-16/h3-10H,12H2,1-2H3. The molecule has 116 valence electrons. The Morgan fingerprint density at radius 1 is 1.08 bits per heavy atom. The molecule has 0 spiro atoms. The van der Waals surface area contributed by atoms with Gasteiger partial charge in [0, 0.05) is 16.8 Å². The molecule has 2 heterocycles. The lowest BCUT2D eigenvalue weighted by atomic mass is 9.98. The summed E-state index contributed by atoms with van der Waals surface area (Å²) in [6.07, 6.45) is 0. The first-order chi connectivity index (χ1) is 11.7. The molecule has 0 unspecified atom stereocenters. The van der Waals surface area contributed by atoms with Gasteiger partial charge in [-0.05, 0) is 32.0 Å². The van der Waals surface area contributed by atoms with E-state index in [1.54, 1.807) is 0 Å². The number of nitrogens with zero attached hydrogens (tertiary/aromatic N) is 4. The number of rotatable bonds is 1. The van der Waals surface area contributed by atoms with Crippen LogP contribution in [0.25, 0.3) is 5.69 Å². The van der Waals surface area contributed by atoms with Gasteiger partial charge in [-0.1, -0.05) is 30.3 Å². The topological polar surface area (TPSA) is 54.0 Å². The molecule has 4 nitrogen and oxygen atoms in total. The van der Waals surface area contributed by atoms with Gasteiger partial charge in [0.1, 0.15) is 5.82 Å². The average Bonchev–Trinajstić information content (AvgIpc) is 2.80. The van der Waals surface area contributed by atoms with E-state index in [2.05, 4.69) is 22.5 Å². The highest BCUT2D eigenvalue weighted by molar-refractivity contribution is 6.15. The Labute approximate surface area is 140 Å².